The molecule has 0 bridgehead atoms. The summed E-state index contributed by atoms with van der Waals surface area (Å²) in [6.07, 6.45) is -4.23. The molecule has 1 saturated heterocycles. The van der Waals surface area contributed by atoms with Gasteiger partial charge in [0.05, 0.1) is 0 Å². The number of halogens is 3. The van der Waals surface area contributed by atoms with Gasteiger partial charge in [0, 0.05) is 32.7 Å². The summed E-state index contributed by atoms with van der Waals surface area (Å²) in [5, 5.41) is 17.9. The van der Waals surface area contributed by atoms with E-state index in [-0.39, 0.29) is 25.6 Å². The number of nitrogens with zero attached hydrogens (tertiary/aromatic N) is 2. The van der Waals surface area contributed by atoms with E-state index in [1.165, 1.54) is 5.56 Å². The molecule has 0 aromatic heterocycles. The Balaban J connectivity index is 1.83. The highest BCUT2D eigenvalue weighted by Crippen LogP contribution is 2.24. The number of rotatable bonds is 12. The van der Waals surface area contributed by atoms with Crippen molar-refractivity contribution in [2.75, 3.05) is 32.7 Å². The minimum atomic E-state index is -5.29. The molecule has 1 fully saturated rings. The van der Waals surface area contributed by atoms with Crippen LogP contribution >= 0.6 is 0 Å². The molecule has 1 atom stereocenters. The van der Waals surface area contributed by atoms with E-state index >= 15 is 0 Å². The number of nitrogens with two attached hydrogens (primary N) is 1. The van der Waals surface area contributed by atoms with Gasteiger partial charge in [-0.3, -0.25) is 4.90 Å². The lowest BCUT2D eigenvalue weighted by molar-refractivity contribution is -0.203. The summed E-state index contributed by atoms with van der Waals surface area (Å²) in [7, 11) is -1.52. The van der Waals surface area contributed by atoms with Crippen LogP contribution in [0.5, 0.6) is 0 Å². The standard InChI is InChI=1S/C22H33BF3N3O5/c24-22(25,26)20(31)34-19(30)21(27,9-4-5-11-23(32)33)10-6-12-28-13-15-29(16-14-28)17-18-7-2-1-3-8-18/h1-3,7-8,32-33H,4-6,9-17,27H2. The molecule has 8 nitrogen and oxygen atoms in total. The van der Waals surface area contributed by atoms with Crippen LogP contribution in [0.3, 0.4) is 0 Å². The van der Waals surface area contributed by atoms with Gasteiger partial charge in [-0.15, -0.1) is 0 Å². The van der Waals surface area contributed by atoms with Crippen LogP contribution in [-0.2, 0) is 20.9 Å². The molecule has 1 unspecified atom stereocenters. The molecule has 1 aromatic carbocycles. The molecular formula is C22H33BF3N3O5. The number of ether oxygens (including phenoxy) is 1. The van der Waals surface area contributed by atoms with Crippen molar-refractivity contribution in [2.24, 2.45) is 5.73 Å². The average molecular weight is 487 g/mol. The van der Waals surface area contributed by atoms with Gasteiger partial charge in [-0.1, -0.05) is 43.2 Å². The van der Waals surface area contributed by atoms with Crippen LogP contribution in [0.25, 0.3) is 0 Å². The van der Waals surface area contributed by atoms with E-state index in [4.69, 9.17) is 15.8 Å². The molecule has 4 N–H and O–H groups in total. The van der Waals surface area contributed by atoms with Crippen molar-refractivity contribution >= 4 is 19.1 Å². The van der Waals surface area contributed by atoms with Crippen LogP contribution in [0.4, 0.5) is 13.2 Å². The number of hydrogen-bond donors (Lipinski definition) is 3. The van der Waals surface area contributed by atoms with Crippen molar-refractivity contribution < 1.29 is 37.5 Å². The quantitative estimate of drug-likeness (QED) is 0.176. The third-order valence-corrected chi connectivity index (χ3v) is 5.97. The van der Waals surface area contributed by atoms with Gasteiger partial charge < -0.3 is 25.4 Å². The molecule has 0 saturated carbocycles. The van der Waals surface area contributed by atoms with Crippen LogP contribution in [-0.4, -0.2) is 83.3 Å². The van der Waals surface area contributed by atoms with Crippen molar-refractivity contribution in [1.29, 1.82) is 0 Å². The molecule has 0 amide bonds. The summed E-state index contributed by atoms with van der Waals surface area (Å²) in [6.45, 7) is 4.84. The van der Waals surface area contributed by atoms with Gasteiger partial charge in [0.15, 0.2) is 0 Å². The van der Waals surface area contributed by atoms with Gasteiger partial charge in [0.1, 0.15) is 5.54 Å². The van der Waals surface area contributed by atoms with Gasteiger partial charge >= 0.3 is 25.2 Å². The largest absolute Gasteiger partial charge is 0.491 e. The first-order valence-corrected chi connectivity index (χ1v) is 11.5. The van der Waals surface area contributed by atoms with Crippen LogP contribution in [0.2, 0.25) is 6.32 Å². The second-order valence-electron chi connectivity index (χ2n) is 8.76. The van der Waals surface area contributed by atoms with Crippen LogP contribution in [0.1, 0.15) is 37.7 Å². The van der Waals surface area contributed by atoms with E-state index in [1.54, 1.807) is 0 Å². The van der Waals surface area contributed by atoms with Crippen molar-refractivity contribution in [3.05, 3.63) is 35.9 Å². The Kier molecular flexibility index (Phi) is 11.0. The lowest BCUT2D eigenvalue weighted by atomic mass is 9.81. The van der Waals surface area contributed by atoms with Crippen LogP contribution < -0.4 is 5.73 Å². The minimum Gasteiger partial charge on any atom is -0.427 e. The minimum absolute atomic E-state index is 0.0332. The molecule has 0 aliphatic carbocycles. The summed E-state index contributed by atoms with van der Waals surface area (Å²) in [5.41, 5.74) is 5.60. The third kappa shape index (κ3) is 9.71. The van der Waals surface area contributed by atoms with E-state index < -0.39 is 30.8 Å². The van der Waals surface area contributed by atoms with Gasteiger partial charge in [-0.2, -0.15) is 13.2 Å². The van der Waals surface area contributed by atoms with Crippen LogP contribution in [0, 0.1) is 0 Å². The van der Waals surface area contributed by atoms with Crippen LogP contribution in [0.15, 0.2) is 30.3 Å². The first-order valence-electron chi connectivity index (χ1n) is 11.5. The number of unbranched alkanes of at least 4 members (excludes halogenated alkanes) is 1. The second-order valence-corrected chi connectivity index (χ2v) is 8.76. The van der Waals surface area contributed by atoms with E-state index in [9.17, 15) is 22.8 Å². The van der Waals surface area contributed by atoms with Crippen molar-refractivity contribution in [3.63, 3.8) is 0 Å². The lowest BCUT2D eigenvalue weighted by Gasteiger charge is -2.35. The van der Waals surface area contributed by atoms with Gasteiger partial charge in [-0.25, -0.2) is 9.59 Å². The summed E-state index contributed by atoms with van der Waals surface area (Å²) < 4.78 is 41.6. The number of piperazine rings is 1. The summed E-state index contributed by atoms with van der Waals surface area (Å²) in [5.74, 6) is -4.00. The highest BCUT2D eigenvalue weighted by molar-refractivity contribution is 6.40. The van der Waals surface area contributed by atoms with Gasteiger partial charge in [0.25, 0.3) is 0 Å². The van der Waals surface area contributed by atoms with Crippen molar-refractivity contribution in [1.82, 2.24) is 9.80 Å². The number of carbonyl (C=O) groups is 2. The fourth-order valence-corrected chi connectivity index (χ4v) is 3.97. The Morgan fingerprint density at radius 1 is 0.941 bits per heavy atom. The number of esters is 2. The molecule has 34 heavy (non-hydrogen) atoms. The smallest absolute Gasteiger partial charge is 0.427 e. The average Bonchev–Trinajstić information content (AvgIpc) is 2.78. The third-order valence-electron chi connectivity index (χ3n) is 5.97. The highest BCUT2D eigenvalue weighted by Gasteiger charge is 2.46. The summed E-state index contributed by atoms with van der Waals surface area (Å²) in [4.78, 5) is 28.0. The van der Waals surface area contributed by atoms with Crippen molar-refractivity contribution in [2.45, 2.75) is 56.7 Å². The second kappa shape index (κ2) is 13.2. The predicted molar refractivity (Wildman–Crippen MR) is 120 cm³/mol. The Morgan fingerprint density at radius 2 is 1.53 bits per heavy atom. The summed E-state index contributed by atoms with van der Waals surface area (Å²) >= 11 is 0. The first-order chi connectivity index (χ1) is 16.0. The van der Waals surface area contributed by atoms with Gasteiger partial charge in [0.2, 0.25) is 0 Å². The topological polar surface area (TPSA) is 116 Å². The normalized spacial score (nSPS) is 17.2. The molecule has 190 valence electrons. The maximum atomic E-state index is 12.5. The lowest BCUT2D eigenvalue weighted by Crippen LogP contribution is -2.51. The molecule has 1 aromatic rings. The SMILES string of the molecule is NC(CCCCB(O)O)(CCCN1CCN(Cc2ccccc2)CC1)C(=O)OC(=O)C(F)(F)F. The number of alkyl halides is 3. The maximum absolute atomic E-state index is 12.5. The Morgan fingerprint density at radius 3 is 2.12 bits per heavy atom. The zero-order valence-electron chi connectivity index (χ0n) is 19.2. The summed E-state index contributed by atoms with van der Waals surface area (Å²) in [6, 6.07) is 10.1. The number of hydrogen-bond acceptors (Lipinski definition) is 8. The number of benzene rings is 1. The molecule has 1 aliphatic rings. The van der Waals surface area contributed by atoms with Crippen molar-refractivity contribution in [3.8, 4) is 0 Å². The molecule has 12 heteroatoms. The fraction of sp³-hybridized carbons (Fsp3) is 0.636. The number of carbonyl (C=O) groups excluding carboxylic acids is 2. The molecular weight excluding hydrogens is 454 g/mol. The Labute approximate surface area is 198 Å². The Bertz CT molecular complexity index is 777. The molecule has 1 heterocycles. The van der Waals surface area contributed by atoms with E-state index in [2.05, 4.69) is 26.7 Å². The molecule has 0 spiro atoms. The first kappa shape index (κ1) is 28.3. The van der Waals surface area contributed by atoms with E-state index in [1.807, 2.05) is 18.2 Å². The zero-order valence-corrected chi connectivity index (χ0v) is 19.2. The molecule has 1 aliphatic heterocycles. The van der Waals surface area contributed by atoms with E-state index in [0.717, 1.165) is 32.7 Å². The zero-order chi connectivity index (χ0) is 25.2. The Hall–Kier alpha value is -1.99. The highest BCUT2D eigenvalue weighted by atomic mass is 19.4. The fourth-order valence-electron chi connectivity index (χ4n) is 3.97. The van der Waals surface area contributed by atoms with E-state index in [0.29, 0.717) is 19.4 Å². The van der Waals surface area contributed by atoms with Gasteiger partial charge in [-0.05, 0) is 37.7 Å². The molecule has 2 rings (SSSR count). The predicted octanol–water partition coefficient (Wildman–Crippen LogP) is 1.56. The maximum Gasteiger partial charge on any atom is 0.491 e. The molecule has 0 radical (unpaired) electrons. The monoisotopic (exact) mass is 487 g/mol.